The van der Waals surface area contributed by atoms with Crippen molar-refractivity contribution in [2.24, 2.45) is 0 Å². The van der Waals surface area contributed by atoms with Crippen molar-refractivity contribution in [1.29, 1.82) is 0 Å². The second kappa shape index (κ2) is 9.36. The van der Waals surface area contributed by atoms with Crippen LogP contribution in [0.4, 0.5) is 17.6 Å². The van der Waals surface area contributed by atoms with E-state index in [1.165, 1.54) is 23.7 Å². The Labute approximate surface area is 209 Å². The Bertz CT molecular complexity index is 1550. The Hall–Kier alpha value is -4.18. The molecule has 10 heteroatoms. The lowest BCUT2D eigenvalue weighted by molar-refractivity contribution is -0.269. The van der Waals surface area contributed by atoms with E-state index >= 15 is 0 Å². The SMILES string of the molecule is CC[C@@](O)(c1cn(Cc2ccc3c(-c4ccc(F)cc4)cc(-c4cccnc4)nc3c2)nn1)C(F)(F)F. The largest absolute Gasteiger partial charge is 0.423 e. The van der Waals surface area contributed by atoms with Gasteiger partial charge in [0.15, 0.2) is 0 Å². The van der Waals surface area contributed by atoms with Gasteiger partial charge in [-0.2, -0.15) is 13.2 Å². The van der Waals surface area contributed by atoms with E-state index in [1.54, 1.807) is 30.6 Å². The molecular weight excluding hydrogens is 486 g/mol. The molecule has 0 aliphatic heterocycles. The Balaban J connectivity index is 1.56. The van der Waals surface area contributed by atoms with Crippen LogP contribution in [0.5, 0.6) is 0 Å². The highest BCUT2D eigenvalue weighted by Crippen LogP contribution is 2.40. The Morgan fingerprint density at radius 2 is 1.76 bits per heavy atom. The molecule has 0 saturated carbocycles. The standard InChI is InChI=1S/C27H21F4N5O/c1-2-26(37,27(29,30)31)25-16-36(35-34-25)15-17-5-10-21-22(18-6-8-20(28)9-7-18)13-23(33-24(21)12-17)19-4-3-11-32-14-19/h3-14,16,37H,2,15H2,1H3/t26-/m1/s1. The summed E-state index contributed by atoms with van der Waals surface area (Å²) in [6, 6.07) is 17.3. The van der Waals surface area contributed by atoms with Crippen LogP contribution >= 0.6 is 0 Å². The summed E-state index contributed by atoms with van der Waals surface area (Å²) in [7, 11) is 0. The molecule has 5 rings (SSSR count). The van der Waals surface area contributed by atoms with Crippen molar-refractivity contribution in [1.82, 2.24) is 25.0 Å². The molecule has 3 heterocycles. The highest BCUT2D eigenvalue weighted by molar-refractivity contribution is 5.97. The van der Waals surface area contributed by atoms with Crippen LogP contribution in [0.2, 0.25) is 0 Å². The molecule has 37 heavy (non-hydrogen) atoms. The van der Waals surface area contributed by atoms with Crippen LogP contribution in [0.15, 0.2) is 79.3 Å². The molecule has 1 atom stereocenters. The molecule has 188 valence electrons. The fourth-order valence-electron chi connectivity index (χ4n) is 4.18. The fourth-order valence-corrected chi connectivity index (χ4v) is 4.18. The number of hydrogen-bond donors (Lipinski definition) is 1. The zero-order valence-corrected chi connectivity index (χ0v) is 19.6. The van der Waals surface area contributed by atoms with Crippen LogP contribution in [-0.2, 0) is 12.1 Å². The van der Waals surface area contributed by atoms with E-state index < -0.39 is 23.9 Å². The average Bonchev–Trinajstić information content (AvgIpc) is 3.36. The zero-order chi connectivity index (χ0) is 26.2. The first kappa shape index (κ1) is 24.5. The lowest BCUT2D eigenvalue weighted by Gasteiger charge is -2.26. The number of benzene rings is 2. The summed E-state index contributed by atoms with van der Waals surface area (Å²) in [5, 5.41) is 18.4. The van der Waals surface area contributed by atoms with Gasteiger partial charge in [0.1, 0.15) is 11.5 Å². The van der Waals surface area contributed by atoms with E-state index in [-0.39, 0.29) is 12.4 Å². The molecule has 0 aliphatic carbocycles. The van der Waals surface area contributed by atoms with Gasteiger partial charge in [-0.1, -0.05) is 36.4 Å². The summed E-state index contributed by atoms with van der Waals surface area (Å²) in [5.74, 6) is -0.343. The molecule has 3 aromatic heterocycles. The number of pyridine rings is 2. The predicted octanol–water partition coefficient (Wildman–Crippen LogP) is 5.90. The summed E-state index contributed by atoms with van der Waals surface area (Å²) < 4.78 is 55.1. The lowest BCUT2D eigenvalue weighted by atomic mass is 9.96. The van der Waals surface area contributed by atoms with Crippen LogP contribution < -0.4 is 0 Å². The van der Waals surface area contributed by atoms with Gasteiger partial charge in [0.05, 0.1) is 24.0 Å². The smallest absolute Gasteiger partial charge is 0.375 e. The van der Waals surface area contributed by atoms with E-state index in [4.69, 9.17) is 4.98 Å². The summed E-state index contributed by atoms with van der Waals surface area (Å²) in [5.41, 5.74) is 0.840. The van der Waals surface area contributed by atoms with Gasteiger partial charge in [-0.15, -0.1) is 5.10 Å². The number of alkyl halides is 3. The van der Waals surface area contributed by atoms with Crippen molar-refractivity contribution in [2.75, 3.05) is 0 Å². The van der Waals surface area contributed by atoms with Crippen LogP contribution in [0.25, 0.3) is 33.3 Å². The van der Waals surface area contributed by atoms with E-state index in [2.05, 4.69) is 15.3 Å². The number of halogens is 4. The molecule has 0 spiro atoms. The van der Waals surface area contributed by atoms with Gasteiger partial charge in [0.2, 0.25) is 5.60 Å². The first-order valence-corrected chi connectivity index (χ1v) is 11.5. The molecular formula is C27H21F4N5O. The van der Waals surface area contributed by atoms with Gasteiger partial charge in [0.25, 0.3) is 0 Å². The second-order valence-corrected chi connectivity index (χ2v) is 8.67. The highest BCUT2D eigenvalue weighted by Gasteiger charge is 2.55. The third-order valence-electron chi connectivity index (χ3n) is 6.27. The van der Waals surface area contributed by atoms with Crippen molar-refractivity contribution in [2.45, 2.75) is 31.7 Å². The summed E-state index contributed by atoms with van der Waals surface area (Å²) >= 11 is 0. The van der Waals surface area contributed by atoms with Gasteiger partial charge in [-0.25, -0.2) is 14.1 Å². The number of fused-ring (bicyclic) bond motifs is 1. The quantitative estimate of drug-likeness (QED) is 0.290. The normalized spacial score (nSPS) is 13.6. The Kier molecular flexibility index (Phi) is 6.20. The molecule has 1 N–H and O–H groups in total. The minimum Gasteiger partial charge on any atom is -0.375 e. The van der Waals surface area contributed by atoms with Gasteiger partial charge >= 0.3 is 6.18 Å². The molecule has 0 fully saturated rings. The van der Waals surface area contributed by atoms with Crippen LogP contribution in [0.1, 0.15) is 24.6 Å². The maximum absolute atomic E-state index is 13.6. The first-order chi connectivity index (χ1) is 17.7. The molecule has 6 nitrogen and oxygen atoms in total. The van der Waals surface area contributed by atoms with E-state index in [0.717, 1.165) is 33.8 Å². The molecule has 0 amide bonds. The third kappa shape index (κ3) is 4.67. The topological polar surface area (TPSA) is 76.7 Å². The van der Waals surface area contributed by atoms with Crippen LogP contribution in [0.3, 0.4) is 0 Å². The summed E-state index contributed by atoms with van der Waals surface area (Å²) in [4.78, 5) is 8.96. The minimum atomic E-state index is -4.88. The molecule has 2 aromatic carbocycles. The first-order valence-electron chi connectivity index (χ1n) is 11.5. The van der Waals surface area contributed by atoms with Gasteiger partial charge < -0.3 is 5.11 Å². The third-order valence-corrected chi connectivity index (χ3v) is 6.27. The number of nitrogens with zero attached hydrogens (tertiary/aromatic N) is 5. The van der Waals surface area contributed by atoms with E-state index in [9.17, 15) is 22.7 Å². The summed E-state index contributed by atoms with van der Waals surface area (Å²) in [6.45, 7) is 1.35. The number of aliphatic hydroxyl groups is 1. The predicted molar refractivity (Wildman–Crippen MR) is 130 cm³/mol. The van der Waals surface area contributed by atoms with Crippen molar-refractivity contribution in [3.05, 3.63) is 96.3 Å². The molecule has 0 radical (unpaired) electrons. The van der Waals surface area contributed by atoms with Gasteiger partial charge in [0, 0.05) is 23.3 Å². The molecule has 5 aromatic rings. The summed E-state index contributed by atoms with van der Waals surface area (Å²) in [6.07, 6.45) is -1.01. The Morgan fingerprint density at radius 1 is 0.973 bits per heavy atom. The van der Waals surface area contributed by atoms with E-state index in [0.29, 0.717) is 11.2 Å². The second-order valence-electron chi connectivity index (χ2n) is 8.67. The lowest BCUT2D eigenvalue weighted by Crippen LogP contribution is -2.42. The highest BCUT2D eigenvalue weighted by atomic mass is 19.4. The average molecular weight is 507 g/mol. The maximum Gasteiger partial charge on any atom is 0.423 e. The monoisotopic (exact) mass is 507 g/mol. The number of rotatable bonds is 6. The minimum absolute atomic E-state index is 0.116. The van der Waals surface area contributed by atoms with Crippen molar-refractivity contribution in [3.63, 3.8) is 0 Å². The number of aromatic nitrogens is 5. The molecule has 0 aliphatic rings. The van der Waals surface area contributed by atoms with Crippen LogP contribution in [-0.4, -0.2) is 36.2 Å². The van der Waals surface area contributed by atoms with E-state index in [1.807, 2.05) is 30.3 Å². The van der Waals surface area contributed by atoms with Crippen molar-refractivity contribution >= 4 is 10.9 Å². The van der Waals surface area contributed by atoms with Gasteiger partial charge in [-0.05, 0) is 59.5 Å². The zero-order valence-electron chi connectivity index (χ0n) is 19.6. The van der Waals surface area contributed by atoms with Crippen molar-refractivity contribution < 1.29 is 22.7 Å². The molecule has 0 unspecified atom stereocenters. The molecule has 0 bridgehead atoms. The maximum atomic E-state index is 13.6. The molecule has 0 saturated heterocycles. The fraction of sp³-hybridized carbons (Fsp3) is 0.185. The van der Waals surface area contributed by atoms with Crippen molar-refractivity contribution in [3.8, 4) is 22.4 Å². The number of hydrogen-bond acceptors (Lipinski definition) is 5. The Morgan fingerprint density at radius 3 is 2.43 bits per heavy atom. The van der Waals surface area contributed by atoms with Gasteiger partial charge in [-0.3, -0.25) is 4.98 Å². The van der Waals surface area contributed by atoms with Crippen LogP contribution in [0, 0.1) is 5.82 Å².